The second kappa shape index (κ2) is 7.90. The van der Waals surface area contributed by atoms with Crippen molar-refractivity contribution in [1.29, 1.82) is 0 Å². The van der Waals surface area contributed by atoms with Gasteiger partial charge in [-0.25, -0.2) is 4.79 Å². The van der Waals surface area contributed by atoms with Crippen molar-refractivity contribution in [2.75, 3.05) is 20.2 Å². The zero-order chi connectivity index (χ0) is 24.4. The van der Waals surface area contributed by atoms with Crippen LogP contribution in [0.4, 0.5) is 4.79 Å². The van der Waals surface area contributed by atoms with Gasteiger partial charge < -0.3 is 14.4 Å². The highest BCUT2D eigenvalue weighted by molar-refractivity contribution is 6.12. The fourth-order valence-electron chi connectivity index (χ4n) is 5.40. The van der Waals surface area contributed by atoms with Crippen LogP contribution in [0.3, 0.4) is 0 Å². The molecule has 0 saturated carbocycles. The average molecular weight is 461 g/mol. The molecule has 2 aliphatic rings. The topological polar surface area (TPSA) is 59.1 Å². The Morgan fingerprint density at radius 2 is 1.71 bits per heavy atom. The summed E-state index contributed by atoms with van der Waals surface area (Å²) < 4.78 is 11.2. The van der Waals surface area contributed by atoms with E-state index in [1.165, 1.54) is 32.8 Å². The van der Waals surface area contributed by atoms with Crippen LogP contribution in [-0.2, 0) is 22.5 Å². The first kappa shape index (κ1) is 22.5. The summed E-state index contributed by atoms with van der Waals surface area (Å²) in [4.78, 5) is 29.4. The molecule has 0 N–H and O–H groups in total. The molecular weight excluding hydrogens is 428 g/mol. The number of hydrogen-bond donors (Lipinski definition) is 0. The normalized spacial score (nSPS) is 18.2. The Balaban J connectivity index is 1.63. The lowest BCUT2D eigenvalue weighted by molar-refractivity contribution is -0.140. The summed E-state index contributed by atoms with van der Waals surface area (Å²) in [7, 11) is 1.70. The molecule has 6 nitrogen and oxygen atoms in total. The molecule has 0 aliphatic carbocycles. The van der Waals surface area contributed by atoms with Gasteiger partial charge in [-0.15, -0.1) is 0 Å². The van der Waals surface area contributed by atoms with E-state index in [4.69, 9.17) is 9.47 Å². The molecule has 0 unspecified atom stereocenters. The molecular formula is C28H32N2O4. The molecule has 5 rings (SSSR count). The highest BCUT2D eigenvalue weighted by Gasteiger charge is 2.40. The van der Waals surface area contributed by atoms with Crippen LogP contribution in [0, 0.1) is 13.8 Å². The molecule has 0 radical (unpaired) electrons. The quantitative estimate of drug-likeness (QED) is 0.473. The monoisotopic (exact) mass is 460 g/mol. The minimum atomic E-state index is -0.599. The van der Waals surface area contributed by atoms with Crippen LogP contribution in [-0.4, -0.2) is 53.6 Å². The number of carbonyl (C=O) groups is 2. The minimum absolute atomic E-state index is 0.0328. The van der Waals surface area contributed by atoms with Gasteiger partial charge in [-0.05, 0) is 91.4 Å². The van der Waals surface area contributed by atoms with Gasteiger partial charge >= 0.3 is 6.09 Å². The van der Waals surface area contributed by atoms with E-state index in [0.29, 0.717) is 19.5 Å². The predicted octanol–water partition coefficient (Wildman–Crippen LogP) is 5.12. The number of methoxy groups -OCH3 is 1. The van der Waals surface area contributed by atoms with Crippen LogP contribution in [0.5, 0.6) is 5.75 Å². The number of amides is 2. The molecule has 0 aromatic heterocycles. The maximum absolute atomic E-state index is 13.2. The summed E-state index contributed by atoms with van der Waals surface area (Å²) in [5.41, 5.74) is 4.14. The molecule has 2 aliphatic heterocycles. The number of piperazine rings is 1. The molecule has 0 spiro atoms. The van der Waals surface area contributed by atoms with E-state index in [0.717, 1.165) is 16.7 Å². The molecule has 1 saturated heterocycles. The van der Waals surface area contributed by atoms with Crippen molar-refractivity contribution in [3.63, 3.8) is 0 Å². The summed E-state index contributed by atoms with van der Waals surface area (Å²) in [6.45, 7) is 10.8. The van der Waals surface area contributed by atoms with E-state index in [2.05, 4.69) is 44.2 Å². The molecule has 1 atom stereocenters. The van der Waals surface area contributed by atoms with Crippen LogP contribution in [0.25, 0.3) is 21.5 Å². The van der Waals surface area contributed by atoms with Gasteiger partial charge in [0, 0.05) is 13.1 Å². The fourth-order valence-corrected chi connectivity index (χ4v) is 5.40. The lowest BCUT2D eigenvalue weighted by Crippen LogP contribution is -2.60. The van der Waals surface area contributed by atoms with Gasteiger partial charge in [0.25, 0.3) is 0 Å². The molecule has 3 aromatic carbocycles. The third-order valence-electron chi connectivity index (χ3n) is 6.95. The van der Waals surface area contributed by atoms with Crippen LogP contribution in [0.2, 0.25) is 0 Å². The third kappa shape index (κ3) is 3.75. The van der Waals surface area contributed by atoms with E-state index >= 15 is 0 Å². The molecule has 34 heavy (non-hydrogen) atoms. The van der Waals surface area contributed by atoms with Crippen LogP contribution < -0.4 is 4.74 Å². The maximum atomic E-state index is 13.2. The van der Waals surface area contributed by atoms with Gasteiger partial charge in [-0.3, -0.25) is 9.69 Å². The molecule has 2 amide bonds. The Morgan fingerprint density at radius 3 is 2.41 bits per heavy atom. The first-order valence-electron chi connectivity index (χ1n) is 11.9. The van der Waals surface area contributed by atoms with Crippen molar-refractivity contribution in [3.8, 4) is 5.75 Å². The van der Waals surface area contributed by atoms with Gasteiger partial charge in [0.2, 0.25) is 5.91 Å². The van der Waals surface area contributed by atoms with Gasteiger partial charge in [-0.2, -0.15) is 0 Å². The second-order valence-corrected chi connectivity index (χ2v) is 10.6. The van der Waals surface area contributed by atoms with Crippen molar-refractivity contribution in [2.24, 2.45) is 0 Å². The number of hydrogen-bond acceptors (Lipinski definition) is 4. The molecule has 6 heteroatoms. The first-order chi connectivity index (χ1) is 16.1. The summed E-state index contributed by atoms with van der Waals surface area (Å²) >= 11 is 0. The van der Waals surface area contributed by atoms with Crippen molar-refractivity contribution in [3.05, 3.63) is 52.6 Å². The van der Waals surface area contributed by atoms with Gasteiger partial charge in [0.15, 0.2) is 0 Å². The molecule has 0 bridgehead atoms. The Morgan fingerprint density at radius 1 is 0.971 bits per heavy atom. The van der Waals surface area contributed by atoms with Crippen molar-refractivity contribution < 1.29 is 19.1 Å². The number of aryl methyl sites for hydroxylation is 2. The summed E-state index contributed by atoms with van der Waals surface area (Å²) in [6.07, 6.45) is 0.259. The van der Waals surface area contributed by atoms with Crippen LogP contribution >= 0.6 is 0 Å². The van der Waals surface area contributed by atoms with E-state index in [9.17, 15) is 9.59 Å². The third-order valence-corrected chi connectivity index (χ3v) is 6.95. The number of rotatable bonds is 1. The Hall–Kier alpha value is -3.28. The van der Waals surface area contributed by atoms with Gasteiger partial charge in [0.05, 0.1) is 13.2 Å². The molecule has 1 fully saturated rings. The van der Waals surface area contributed by atoms with Crippen LogP contribution in [0.15, 0.2) is 30.3 Å². The van der Waals surface area contributed by atoms with E-state index < -0.39 is 11.7 Å². The number of ether oxygens (including phenoxy) is 2. The van der Waals surface area contributed by atoms with Crippen LogP contribution in [0.1, 0.15) is 43.0 Å². The Kier molecular flexibility index (Phi) is 5.23. The SMILES string of the molecule is COc1cc2c3c(c4ccc(C)cc4c2cc1C)CN1C(=O)CN(C(=O)OC(C)(C)C)C[C@@H]1C3. The summed E-state index contributed by atoms with van der Waals surface area (Å²) in [5.74, 6) is 0.828. The minimum Gasteiger partial charge on any atom is -0.496 e. The number of benzene rings is 3. The largest absolute Gasteiger partial charge is 0.496 e. The van der Waals surface area contributed by atoms with Crippen molar-refractivity contribution >= 4 is 33.5 Å². The lowest BCUT2D eigenvalue weighted by Gasteiger charge is -2.44. The predicted molar refractivity (Wildman–Crippen MR) is 133 cm³/mol. The zero-order valence-electron chi connectivity index (χ0n) is 20.8. The molecule has 2 heterocycles. The number of nitrogens with zero attached hydrogens (tertiary/aromatic N) is 2. The fraction of sp³-hybridized carbons (Fsp3) is 0.429. The average Bonchev–Trinajstić information content (AvgIpc) is 2.76. The highest BCUT2D eigenvalue weighted by atomic mass is 16.6. The van der Waals surface area contributed by atoms with E-state index in [1.54, 1.807) is 12.0 Å². The highest BCUT2D eigenvalue weighted by Crippen LogP contribution is 2.41. The Bertz CT molecular complexity index is 1340. The number of carbonyl (C=O) groups excluding carboxylic acids is 2. The first-order valence-corrected chi connectivity index (χ1v) is 11.9. The summed E-state index contributed by atoms with van der Waals surface area (Å²) in [6, 6.07) is 10.8. The molecule has 3 aromatic rings. The van der Waals surface area contributed by atoms with Crippen molar-refractivity contribution in [2.45, 2.75) is 59.2 Å². The lowest BCUT2D eigenvalue weighted by atomic mass is 9.83. The van der Waals surface area contributed by atoms with Gasteiger partial charge in [-0.1, -0.05) is 23.8 Å². The Labute approximate surface area is 200 Å². The van der Waals surface area contributed by atoms with E-state index in [-0.39, 0.29) is 18.5 Å². The smallest absolute Gasteiger partial charge is 0.410 e. The van der Waals surface area contributed by atoms with Crippen molar-refractivity contribution in [1.82, 2.24) is 9.80 Å². The van der Waals surface area contributed by atoms with E-state index in [1.807, 2.05) is 25.7 Å². The zero-order valence-corrected chi connectivity index (χ0v) is 20.8. The maximum Gasteiger partial charge on any atom is 0.410 e. The number of fused-ring (bicyclic) bond motifs is 7. The summed E-state index contributed by atoms with van der Waals surface area (Å²) in [5, 5.41) is 4.77. The molecule has 178 valence electrons. The standard InChI is InChI=1S/C28H32N2O4/c1-16-7-8-19-20(9-16)21-10-17(2)25(33-6)12-23(21)22-11-18-13-29(27(32)34-28(3,4)5)15-26(31)30(18)14-24(19)22/h7-10,12,18H,11,13-15H2,1-6H3/t18-/m0/s1. The van der Waals surface area contributed by atoms with Gasteiger partial charge in [0.1, 0.15) is 17.9 Å². The second-order valence-electron chi connectivity index (χ2n) is 10.6.